The van der Waals surface area contributed by atoms with E-state index in [1.54, 1.807) is 12.2 Å². The van der Waals surface area contributed by atoms with Gasteiger partial charge in [-0.1, -0.05) is 15.9 Å². The molecule has 0 aliphatic carbocycles. The van der Waals surface area contributed by atoms with E-state index in [0.717, 1.165) is 15.7 Å². The van der Waals surface area contributed by atoms with Gasteiger partial charge in [-0.15, -0.1) is 0 Å². The van der Waals surface area contributed by atoms with Crippen molar-refractivity contribution in [3.05, 3.63) is 28.2 Å². The maximum absolute atomic E-state index is 5.66. The summed E-state index contributed by atoms with van der Waals surface area (Å²) in [6.07, 6.45) is 0. The summed E-state index contributed by atoms with van der Waals surface area (Å²) in [5.41, 5.74) is 7.55. The van der Waals surface area contributed by atoms with Crippen molar-refractivity contribution in [2.75, 3.05) is 19.9 Å². The molecule has 0 saturated carbocycles. The van der Waals surface area contributed by atoms with Crippen LogP contribution in [-0.2, 0) is 11.4 Å². The molecule has 0 aliphatic rings. The van der Waals surface area contributed by atoms with Gasteiger partial charge in [0.1, 0.15) is 0 Å². The predicted molar refractivity (Wildman–Crippen MR) is 57.0 cm³/mol. The summed E-state index contributed by atoms with van der Waals surface area (Å²) in [5, 5.41) is 1.74. The molecule has 0 unspecified atom stereocenters. The van der Waals surface area contributed by atoms with Crippen molar-refractivity contribution < 1.29 is 4.84 Å². The average molecular weight is 245 g/mol. The van der Waals surface area contributed by atoms with Gasteiger partial charge in [-0.3, -0.25) is 0 Å². The van der Waals surface area contributed by atoms with E-state index in [2.05, 4.69) is 15.9 Å². The number of hydrogen-bond donors (Lipinski definition) is 1. The molecule has 1 aromatic carbocycles. The molecule has 3 nitrogen and oxygen atoms in total. The Morgan fingerprint density at radius 3 is 2.85 bits per heavy atom. The van der Waals surface area contributed by atoms with Crippen LogP contribution in [0.4, 0.5) is 5.69 Å². The van der Waals surface area contributed by atoms with Crippen LogP contribution in [0.5, 0.6) is 0 Å². The molecule has 72 valence electrons. The van der Waals surface area contributed by atoms with Gasteiger partial charge in [0.15, 0.2) is 0 Å². The molecule has 0 atom stereocenters. The quantitative estimate of drug-likeness (QED) is 0.654. The molecule has 0 aromatic heterocycles. The van der Waals surface area contributed by atoms with Crippen LogP contribution in [0.25, 0.3) is 0 Å². The lowest BCUT2D eigenvalue weighted by molar-refractivity contribution is -0.116. The first-order chi connectivity index (χ1) is 6.13. The van der Waals surface area contributed by atoms with Crippen molar-refractivity contribution in [3.8, 4) is 0 Å². The number of benzene rings is 1. The van der Waals surface area contributed by atoms with Gasteiger partial charge in [-0.25, -0.2) is 0 Å². The zero-order chi connectivity index (χ0) is 9.84. The number of halogens is 1. The SMILES string of the molecule is CON(C)Cc1cc(N)ccc1Br. The largest absolute Gasteiger partial charge is 0.399 e. The molecule has 1 aromatic rings. The molecule has 0 bridgehead atoms. The Balaban J connectivity index is 2.81. The maximum atomic E-state index is 5.66. The van der Waals surface area contributed by atoms with Crippen molar-refractivity contribution in [1.82, 2.24) is 5.06 Å². The predicted octanol–water partition coefficient (Wildman–Crippen LogP) is 2.02. The van der Waals surface area contributed by atoms with E-state index in [9.17, 15) is 0 Å². The second-order valence-electron chi connectivity index (χ2n) is 2.82. The maximum Gasteiger partial charge on any atom is 0.0575 e. The number of hydroxylamine groups is 2. The van der Waals surface area contributed by atoms with Gasteiger partial charge in [-0.05, 0) is 23.8 Å². The summed E-state index contributed by atoms with van der Waals surface area (Å²) < 4.78 is 1.05. The first kappa shape index (κ1) is 10.5. The fourth-order valence-corrected chi connectivity index (χ4v) is 1.39. The highest BCUT2D eigenvalue weighted by Gasteiger charge is 2.03. The first-order valence-electron chi connectivity index (χ1n) is 3.92. The van der Waals surface area contributed by atoms with E-state index >= 15 is 0 Å². The highest BCUT2D eigenvalue weighted by molar-refractivity contribution is 9.10. The minimum Gasteiger partial charge on any atom is -0.399 e. The third kappa shape index (κ3) is 2.99. The Bertz CT molecular complexity index is 291. The number of nitrogens with zero attached hydrogens (tertiary/aromatic N) is 1. The van der Waals surface area contributed by atoms with E-state index in [1.165, 1.54) is 0 Å². The second-order valence-corrected chi connectivity index (χ2v) is 3.67. The van der Waals surface area contributed by atoms with E-state index in [4.69, 9.17) is 10.6 Å². The summed E-state index contributed by atoms with van der Waals surface area (Å²) >= 11 is 3.45. The first-order valence-corrected chi connectivity index (χ1v) is 4.72. The third-order valence-corrected chi connectivity index (χ3v) is 2.55. The second kappa shape index (κ2) is 4.60. The van der Waals surface area contributed by atoms with Gasteiger partial charge >= 0.3 is 0 Å². The van der Waals surface area contributed by atoms with Gasteiger partial charge in [0.05, 0.1) is 7.11 Å². The number of rotatable bonds is 3. The Kier molecular flexibility index (Phi) is 3.71. The average Bonchev–Trinajstić information content (AvgIpc) is 2.11. The van der Waals surface area contributed by atoms with Crippen molar-refractivity contribution in [2.24, 2.45) is 0 Å². The number of hydrogen-bond acceptors (Lipinski definition) is 3. The van der Waals surface area contributed by atoms with Crippen LogP contribution >= 0.6 is 15.9 Å². The fourth-order valence-electron chi connectivity index (χ4n) is 1.02. The van der Waals surface area contributed by atoms with Crippen LogP contribution < -0.4 is 5.73 Å². The molecule has 0 aliphatic heterocycles. The molecular formula is C9H13BrN2O. The minimum atomic E-state index is 0.710. The Labute approximate surface area is 86.6 Å². The van der Waals surface area contributed by atoms with E-state index in [0.29, 0.717) is 6.54 Å². The fraction of sp³-hybridized carbons (Fsp3) is 0.333. The monoisotopic (exact) mass is 244 g/mol. The highest BCUT2D eigenvalue weighted by Crippen LogP contribution is 2.20. The number of anilines is 1. The van der Waals surface area contributed by atoms with E-state index in [-0.39, 0.29) is 0 Å². The standard InChI is InChI=1S/C9H13BrN2O/c1-12(13-2)6-7-5-8(11)3-4-9(7)10/h3-5H,6,11H2,1-2H3. The van der Waals surface area contributed by atoms with Gasteiger partial charge in [-0.2, -0.15) is 5.06 Å². The normalized spacial score (nSPS) is 10.8. The molecule has 0 fully saturated rings. The van der Waals surface area contributed by atoms with Crippen molar-refractivity contribution in [2.45, 2.75) is 6.54 Å². The van der Waals surface area contributed by atoms with Gasteiger partial charge in [0.25, 0.3) is 0 Å². The molecule has 0 heterocycles. The van der Waals surface area contributed by atoms with Crippen molar-refractivity contribution >= 4 is 21.6 Å². The zero-order valence-corrected chi connectivity index (χ0v) is 9.34. The van der Waals surface area contributed by atoms with Gasteiger partial charge in [0, 0.05) is 23.8 Å². The Morgan fingerprint density at radius 2 is 2.23 bits per heavy atom. The smallest absolute Gasteiger partial charge is 0.0575 e. The zero-order valence-electron chi connectivity index (χ0n) is 7.75. The van der Waals surface area contributed by atoms with E-state index < -0.39 is 0 Å². The van der Waals surface area contributed by atoms with E-state index in [1.807, 2.05) is 25.2 Å². The topological polar surface area (TPSA) is 38.5 Å². The molecule has 4 heteroatoms. The van der Waals surface area contributed by atoms with Crippen LogP contribution in [-0.4, -0.2) is 19.2 Å². The lowest BCUT2D eigenvalue weighted by Crippen LogP contribution is -2.16. The summed E-state index contributed by atoms with van der Waals surface area (Å²) in [4.78, 5) is 5.02. The lowest BCUT2D eigenvalue weighted by atomic mass is 10.2. The molecule has 13 heavy (non-hydrogen) atoms. The summed E-state index contributed by atoms with van der Waals surface area (Å²) in [6, 6.07) is 5.73. The minimum absolute atomic E-state index is 0.710. The molecule has 2 N–H and O–H groups in total. The van der Waals surface area contributed by atoms with Gasteiger partial charge in [0.2, 0.25) is 0 Å². The summed E-state index contributed by atoms with van der Waals surface area (Å²) in [5.74, 6) is 0. The Hall–Kier alpha value is -0.580. The summed E-state index contributed by atoms with van der Waals surface area (Å²) in [6.45, 7) is 0.710. The van der Waals surface area contributed by atoms with Gasteiger partial charge < -0.3 is 10.6 Å². The van der Waals surface area contributed by atoms with Crippen molar-refractivity contribution in [1.29, 1.82) is 0 Å². The molecule has 0 spiro atoms. The molecular weight excluding hydrogens is 232 g/mol. The third-order valence-electron chi connectivity index (χ3n) is 1.77. The molecule has 0 amide bonds. The highest BCUT2D eigenvalue weighted by atomic mass is 79.9. The number of nitrogen functional groups attached to an aromatic ring is 1. The van der Waals surface area contributed by atoms with Crippen LogP contribution in [0, 0.1) is 0 Å². The van der Waals surface area contributed by atoms with Crippen LogP contribution in [0.3, 0.4) is 0 Å². The molecule has 1 rings (SSSR count). The Morgan fingerprint density at radius 1 is 1.54 bits per heavy atom. The van der Waals surface area contributed by atoms with Crippen molar-refractivity contribution in [3.63, 3.8) is 0 Å². The lowest BCUT2D eigenvalue weighted by Gasteiger charge is -2.14. The number of nitrogens with two attached hydrogens (primary N) is 1. The van der Waals surface area contributed by atoms with Crippen LogP contribution in [0.1, 0.15) is 5.56 Å². The molecule has 0 saturated heterocycles. The summed E-state index contributed by atoms with van der Waals surface area (Å²) in [7, 11) is 3.51. The molecule has 0 radical (unpaired) electrons. The van der Waals surface area contributed by atoms with Crippen LogP contribution in [0.2, 0.25) is 0 Å². The van der Waals surface area contributed by atoms with Crippen LogP contribution in [0.15, 0.2) is 22.7 Å².